The summed E-state index contributed by atoms with van der Waals surface area (Å²) in [5.41, 5.74) is 9.29. The smallest absolute Gasteiger partial charge is 0.178 e. The Balaban J connectivity index is 2.22. The molecule has 0 amide bonds. The summed E-state index contributed by atoms with van der Waals surface area (Å²) in [6.45, 7) is 1.94. The highest BCUT2D eigenvalue weighted by Crippen LogP contribution is 2.40. The minimum Gasteiger partial charge on any atom is -0.380 e. The monoisotopic (exact) mass is 318 g/mol. The maximum atomic E-state index is 6.37. The van der Waals surface area contributed by atoms with Crippen LogP contribution in [0.2, 0.25) is 10.0 Å². The maximum absolute atomic E-state index is 6.37. The Bertz CT molecular complexity index is 795. The van der Waals surface area contributed by atoms with Crippen LogP contribution in [0.15, 0.2) is 47.0 Å². The fourth-order valence-electron chi connectivity index (χ4n) is 2.20. The van der Waals surface area contributed by atoms with Crippen molar-refractivity contribution in [1.82, 2.24) is 5.16 Å². The maximum Gasteiger partial charge on any atom is 0.178 e. The molecule has 21 heavy (non-hydrogen) atoms. The highest BCUT2D eigenvalue weighted by molar-refractivity contribution is 6.34. The molecule has 0 aliphatic rings. The van der Waals surface area contributed by atoms with Gasteiger partial charge in [-0.25, -0.2) is 0 Å². The first kappa shape index (κ1) is 14.0. The van der Waals surface area contributed by atoms with E-state index in [-0.39, 0.29) is 0 Å². The van der Waals surface area contributed by atoms with E-state index in [0.717, 1.165) is 22.3 Å². The fraction of sp³-hybridized carbons (Fsp3) is 0.0625. The number of nitrogen functional groups attached to an aromatic ring is 1. The molecule has 0 aliphatic carbocycles. The van der Waals surface area contributed by atoms with Crippen molar-refractivity contribution in [3.05, 3.63) is 58.1 Å². The number of halogens is 2. The molecule has 3 aromatic rings. The van der Waals surface area contributed by atoms with Gasteiger partial charge in [-0.1, -0.05) is 52.6 Å². The van der Waals surface area contributed by atoms with Crippen molar-refractivity contribution in [2.75, 3.05) is 5.73 Å². The van der Waals surface area contributed by atoms with Crippen LogP contribution in [0.1, 0.15) is 5.56 Å². The minimum atomic E-state index is 0.324. The summed E-state index contributed by atoms with van der Waals surface area (Å²) in [6.07, 6.45) is 0. The standard InChI is InChI=1S/C16H12Cl2N2O/c1-9-3-2-4-12(14(9)18)15-13(16(19)20-21-15)10-5-7-11(17)8-6-10/h2-8H,1H3,(H2,19,20). The van der Waals surface area contributed by atoms with Crippen molar-refractivity contribution in [2.45, 2.75) is 6.92 Å². The molecule has 1 aromatic heterocycles. The van der Waals surface area contributed by atoms with Gasteiger partial charge in [0.1, 0.15) is 0 Å². The quantitative estimate of drug-likeness (QED) is 0.706. The Morgan fingerprint density at radius 1 is 1.05 bits per heavy atom. The zero-order valence-corrected chi connectivity index (χ0v) is 12.7. The number of nitrogens with two attached hydrogens (primary N) is 1. The minimum absolute atomic E-state index is 0.324. The van der Waals surface area contributed by atoms with E-state index in [1.54, 1.807) is 12.1 Å². The summed E-state index contributed by atoms with van der Waals surface area (Å²) in [4.78, 5) is 0. The van der Waals surface area contributed by atoms with Crippen molar-refractivity contribution >= 4 is 29.0 Å². The summed E-state index contributed by atoms with van der Waals surface area (Å²) in [7, 11) is 0. The average Bonchev–Trinajstić information content (AvgIpc) is 2.85. The topological polar surface area (TPSA) is 52.0 Å². The second kappa shape index (κ2) is 5.43. The lowest BCUT2D eigenvalue weighted by Gasteiger charge is -2.06. The number of rotatable bonds is 2. The number of hydrogen-bond donors (Lipinski definition) is 1. The normalized spacial score (nSPS) is 10.8. The van der Waals surface area contributed by atoms with Crippen LogP contribution >= 0.6 is 23.2 Å². The van der Waals surface area contributed by atoms with Gasteiger partial charge in [-0.05, 0) is 36.2 Å². The van der Waals surface area contributed by atoms with Crippen LogP contribution in [0.4, 0.5) is 5.82 Å². The molecule has 3 rings (SSSR count). The van der Waals surface area contributed by atoms with Gasteiger partial charge in [-0.3, -0.25) is 0 Å². The molecule has 0 spiro atoms. The van der Waals surface area contributed by atoms with Crippen LogP contribution in [0.25, 0.3) is 22.5 Å². The number of aryl methyl sites for hydroxylation is 1. The molecule has 1 heterocycles. The molecule has 2 N–H and O–H groups in total. The fourth-order valence-corrected chi connectivity index (χ4v) is 2.54. The third-order valence-corrected chi connectivity index (χ3v) is 4.04. The Kier molecular flexibility index (Phi) is 3.62. The van der Waals surface area contributed by atoms with Crippen LogP contribution in [0, 0.1) is 6.92 Å². The number of anilines is 1. The Hall–Kier alpha value is -1.97. The molecular weight excluding hydrogens is 307 g/mol. The second-order valence-electron chi connectivity index (χ2n) is 4.72. The molecule has 106 valence electrons. The first-order valence-electron chi connectivity index (χ1n) is 6.34. The summed E-state index contributed by atoms with van der Waals surface area (Å²) in [5, 5.41) is 5.16. The highest BCUT2D eigenvalue weighted by atomic mass is 35.5. The predicted octanol–water partition coefficient (Wildman–Crippen LogP) is 5.21. The lowest BCUT2D eigenvalue weighted by atomic mass is 10.0. The number of hydrogen-bond acceptors (Lipinski definition) is 3. The Morgan fingerprint density at radius 2 is 1.76 bits per heavy atom. The van der Waals surface area contributed by atoms with Gasteiger partial charge in [0.05, 0.1) is 10.6 Å². The highest BCUT2D eigenvalue weighted by Gasteiger charge is 2.20. The van der Waals surface area contributed by atoms with E-state index in [1.807, 2.05) is 37.3 Å². The van der Waals surface area contributed by atoms with Crippen molar-refractivity contribution in [2.24, 2.45) is 0 Å². The van der Waals surface area contributed by atoms with Gasteiger partial charge in [-0.15, -0.1) is 0 Å². The lowest BCUT2D eigenvalue weighted by molar-refractivity contribution is 0.436. The van der Waals surface area contributed by atoms with E-state index >= 15 is 0 Å². The van der Waals surface area contributed by atoms with Crippen molar-refractivity contribution < 1.29 is 4.52 Å². The number of benzene rings is 2. The largest absolute Gasteiger partial charge is 0.380 e. The molecule has 0 bridgehead atoms. The molecule has 0 radical (unpaired) electrons. The molecule has 0 aliphatic heterocycles. The molecule has 0 fully saturated rings. The van der Waals surface area contributed by atoms with Crippen LogP contribution in [0.3, 0.4) is 0 Å². The van der Waals surface area contributed by atoms with E-state index in [2.05, 4.69) is 5.16 Å². The molecule has 3 nitrogen and oxygen atoms in total. The summed E-state index contributed by atoms with van der Waals surface area (Å²) >= 11 is 12.3. The van der Waals surface area contributed by atoms with Gasteiger partial charge >= 0.3 is 0 Å². The first-order chi connectivity index (χ1) is 10.1. The van der Waals surface area contributed by atoms with Gasteiger partial charge in [0.15, 0.2) is 11.6 Å². The third-order valence-electron chi connectivity index (χ3n) is 3.29. The molecule has 2 aromatic carbocycles. The van der Waals surface area contributed by atoms with Gasteiger partial charge in [0, 0.05) is 10.6 Å². The Morgan fingerprint density at radius 3 is 2.48 bits per heavy atom. The SMILES string of the molecule is Cc1cccc(-c2onc(N)c2-c2ccc(Cl)cc2)c1Cl. The van der Waals surface area contributed by atoms with Gasteiger partial charge in [-0.2, -0.15) is 0 Å². The molecule has 0 saturated carbocycles. The summed E-state index contributed by atoms with van der Waals surface area (Å²) < 4.78 is 5.41. The molecular formula is C16H12Cl2N2O. The molecule has 0 saturated heterocycles. The summed E-state index contributed by atoms with van der Waals surface area (Å²) in [5.74, 6) is 0.883. The van der Waals surface area contributed by atoms with Gasteiger partial charge < -0.3 is 10.3 Å². The zero-order valence-electron chi connectivity index (χ0n) is 11.2. The van der Waals surface area contributed by atoms with Crippen molar-refractivity contribution in [3.8, 4) is 22.5 Å². The Labute approximate surface area is 132 Å². The van der Waals surface area contributed by atoms with Crippen LogP contribution in [-0.4, -0.2) is 5.16 Å². The van der Waals surface area contributed by atoms with Crippen LogP contribution in [0.5, 0.6) is 0 Å². The predicted molar refractivity (Wildman–Crippen MR) is 86.5 cm³/mol. The summed E-state index contributed by atoms with van der Waals surface area (Å²) in [6, 6.07) is 13.1. The van der Waals surface area contributed by atoms with Crippen LogP contribution < -0.4 is 5.73 Å². The van der Waals surface area contributed by atoms with Crippen molar-refractivity contribution in [1.29, 1.82) is 0 Å². The van der Waals surface area contributed by atoms with E-state index in [4.69, 9.17) is 33.5 Å². The van der Waals surface area contributed by atoms with Crippen molar-refractivity contribution in [3.63, 3.8) is 0 Å². The third kappa shape index (κ3) is 2.50. The van der Waals surface area contributed by atoms with Gasteiger partial charge in [0.2, 0.25) is 0 Å². The zero-order chi connectivity index (χ0) is 15.0. The molecule has 0 unspecified atom stereocenters. The average molecular weight is 319 g/mol. The van der Waals surface area contributed by atoms with Gasteiger partial charge in [0.25, 0.3) is 0 Å². The number of nitrogens with zero attached hydrogens (tertiary/aromatic N) is 1. The van der Waals surface area contributed by atoms with E-state index in [1.165, 1.54) is 0 Å². The first-order valence-corrected chi connectivity index (χ1v) is 7.10. The molecule has 0 atom stereocenters. The second-order valence-corrected chi connectivity index (χ2v) is 5.53. The van der Waals surface area contributed by atoms with E-state index in [0.29, 0.717) is 21.6 Å². The number of aromatic nitrogens is 1. The van der Waals surface area contributed by atoms with Crippen LogP contribution in [-0.2, 0) is 0 Å². The van der Waals surface area contributed by atoms with E-state index < -0.39 is 0 Å². The molecule has 5 heteroatoms. The lowest BCUT2D eigenvalue weighted by Crippen LogP contribution is -1.89. The van der Waals surface area contributed by atoms with E-state index in [9.17, 15) is 0 Å².